The Balaban J connectivity index is 0.000000429. The molecule has 1 aromatic heterocycles. The van der Waals surface area contributed by atoms with Gasteiger partial charge >= 0.3 is 6.03 Å². The molecule has 440 valence electrons. The van der Waals surface area contributed by atoms with E-state index in [0.29, 0.717) is 13.0 Å². The van der Waals surface area contributed by atoms with Gasteiger partial charge in [-0.25, -0.2) is 9.78 Å². The van der Waals surface area contributed by atoms with E-state index in [1.165, 1.54) is 162 Å². The van der Waals surface area contributed by atoms with Crippen LogP contribution < -0.4 is 16.0 Å². The summed E-state index contributed by atoms with van der Waals surface area (Å²) >= 11 is 0. The number of piperazine rings is 3. The summed E-state index contributed by atoms with van der Waals surface area (Å²) in [7, 11) is 8.82. The molecule has 3 atom stereocenters. The summed E-state index contributed by atoms with van der Waals surface area (Å²) in [6, 6.07) is 1.97. The Bertz CT molecular complexity index is 1510. The SMILES string of the molecule is CCN1CC(=O)NC1=O.CCN1CCCN(C)CC1.CCN1CCCNCC1.CCN1CCN(C)C[C@@H]1C.CCN1CCN(C)[C@@H](C)C1.CCN1CCN(C)[C@H](C)C1.CCN1CCNC(=O)CC1.CCn1ccnc1. The van der Waals surface area contributed by atoms with Crippen molar-refractivity contribution in [3.05, 3.63) is 18.7 Å². The van der Waals surface area contributed by atoms with E-state index in [9.17, 15) is 14.4 Å². The summed E-state index contributed by atoms with van der Waals surface area (Å²) in [5, 5.41) is 8.36. The zero-order valence-corrected chi connectivity index (χ0v) is 51.1. The lowest BCUT2D eigenvalue weighted by atomic mass is 10.2. The summed E-state index contributed by atoms with van der Waals surface area (Å²) in [6.45, 7) is 56.9. The topological polar surface area (TPSA) is 141 Å². The van der Waals surface area contributed by atoms with Gasteiger partial charge in [0.05, 0.1) is 6.33 Å². The highest BCUT2D eigenvalue weighted by molar-refractivity contribution is 6.01. The van der Waals surface area contributed by atoms with Crippen LogP contribution in [0.3, 0.4) is 0 Å². The summed E-state index contributed by atoms with van der Waals surface area (Å²) in [4.78, 5) is 61.6. The second kappa shape index (κ2) is 43.1. The number of carbonyl (C=O) groups is 3. The molecule has 19 heteroatoms. The highest BCUT2D eigenvalue weighted by atomic mass is 16.2. The minimum Gasteiger partial charge on any atom is -0.355 e. The fraction of sp³-hybridized carbons (Fsp3) is 0.893. The lowest BCUT2D eigenvalue weighted by Gasteiger charge is -2.37. The maximum Gasteiger partial charge on any atom is 0.324 e. The second-order valence-corrected chi connectivity index (χ2v) is 21.1. The molecule has 7 fully saturated rings. The van der Waals surface area contributed by atoms with Crippen LogP contribution in [0.5, 0.6) is 0 Å². The Morgan fingerprint density at radius 1 is 0.493 bits per heavy atom. The highest BCUT2D eigenvalue weighted by Crippen LogP contribution is 2.08. The zero-order chi connectivity index (χ0) is 56.0. The molecule has 7 saturated heterocycles. The van der Waals surface area contributed by atoms with Gasteiger partial charge in [-0.15, -0.1) is 0 Å². The van der Waals surface area contributed by atoms with Crippen LogP contribution in [0.1, 0.15) is 95.4 Å². The van der Waals surface area contributed by atoms with Crippen molar-refractivity contribution in [1.82, 2.24) is 79.4 Å². The fourth-order valence-electron chi connectivity index (χ4n) is 9.45. The molecule has 0 aliphatic carbocycles. The van der Waals surface area contributed by atoms with Gasteiger partial charge in [0.25, 0.3) is 0 Å². The van der Waals surface area contributed by atoms with Crippen LogP contribution in [0.15, 0.2) is 18.7 Å². The van der Waals surface area contributed by atoms with Crippen LogP contribution in [0, 0.1) is 0 Å². The van der Waals surface area contributed by atoms with Crippen molar-refractivity contribution in [2.45, 2.75) is 120 Å². The molecule has 0 radical (unpaired) electrons. The number of amides is 4. The monoisotopic (exact) mass is 1060 g/mol. The maximum atomic E-state index is 10.8. The molecule has 0 saturated carbocycles. The quantitative estimate of drug-likeness (QED) is 0.329. The third kappa shape index (κ3) is 32.6. The van der Waals surface area contributed by atoms with E-state index in [1.807, 2.05) is 17.7 Å². The van der Waals surface area contributed by atoms with Gasteiger partial charge in [-0.1, -0.05) is 41.5 Å². The van der Waals surface area contributed by atoms with Gasteiger partial charge in [-0.3, -0.25) is 19.8 Å². The molecule has 0 bridgehead atoms. The summed E-state index contributed by atoms with van der Waals surface area (Å²) in [6.07, 6.45) is 8.84. The van der Waals surface area contributed by atoms with Crippen LogP contribution >= 0.6 is 0 Å². The van der Waals surface area contributed by atoms with Crippen molar-refractivity contribution < 1.29 is 14.4 Å². The van der Waals surface area contributed by atoms with Gasteiger partial charge in [0.1, 0.15) is 6.54 Å². The summed E-state index contributed by atoms with van der Waals surface area (Å²) in [5.74, 6) is -0.0159. The van der Waals surface area contributed by atoms with Crippen LogP contribution in [0.25, 0.3) is 0 Å². The van der Waals surface area contributed by atoms with Crippen molar-refractivity contribution in [2.75, 3.05) is 211 Å². The number of imidazole rings is 1. The smallest absolute Gasteiger partial charge is 0.324 e. The molecule has 19 nitrogen and oxygen atoms in total. The van der Waals surface area contributed by atoms with Crippen molar-refractivity contribution in [3.8, 4) is 0 Å². The first-order valence-corrected chi connectivity index (χ1v) is 29.6. The molecule has 8 rings (SSSR count). The summed E-state index contributed by atoms with van der Waals surface area (Å²) in [5.41, 5.74) is 0. The predicted octanol–water partition coefficient (Wildman–Crippen LogP) is 3.16. The number of imide groups is 1. The number of nitrogens with zero attached hydrogens (tertiary/aromatic N) is 13. The van der Waals surface area contributed by atoms with Crippen LogP contribution in [-0.4, -0.2) is 311 Å². The normalized spacial score (nSPS) is 24.5. The first-order valence-electron chi connectivity index (χ1n) is 29.6. The molecule has 0 unspecified atom stereocenters. The number of aromatic nitrogens is 2. The molecule has 7 aliphatic rings. The van der Waals surface area contributed by atoms with Crippen molar-refractivity contribution in [3.63, 3.8) is 0 Å². The predicted molar refractivity (Wildman–Crippen MR) is 315 cm³/mol. The van der Waals surface area contributed by atoms with E-state index >= 15 is 0 Å². The van der Waals surface area contributed by atoms with Crippen molar-refractivity contribution >= 4 is 17.8 Å². The lowest BCUT2D eigenvalue weighted by Crippen LogP contribution is -2.50. The molecule has 7 aliphatic heterocycles. The molecular formula is C56H118N16O3. The van der Waals surface area contributed by atoms with Crippen molar-refractivity contribution in [2.24, 2.45) is 0 Å². The van der Waals surface area contributed by atoms with E-state index in [0.717, 1.165) is 50.8 Å². The molecular weight excluding hydrogens is 945 g/mol. The van der Waals surface area contributed by atoms with Gasteiger partial charge in [0.2, 0.25) is 11.8 Å². The molecule has 8 heterocycles. The van der Waals surface area contributed by atoms with Gasteiger partial charge in [0, 0.05) is 155 Å². The van der Waals surface area contributed by atoms with Crippen LogP contribution in [0.2, 0.25) is 0 Å². The number of aryl methyl sites for hydroxylation is 1. The minimum absolute atomic E-state index is 0.191. The third-order valence-corrected chi connectivity index (χ3v) is 15.5. The fourth-order valence-corrected chi connectivity index (χ4v) is 9.45. The van der Waals surface area contributed by atoms with E-state index in [4.69, 9.17) is 0 Å². The second-order valence-electron chi connectivity index (χ2n) is 21.1. The number of likely N-dealkylation sites (N-methyl/N-ethyl adjacent to an activating group) is 11. The summed E-state index contributed by atoms with van der Waals surface area (Å²) < 4.78 is 2.01. The van der Waals surface area contributed by atoms with Gasteiger partial charge < -0.3 is 64.2 Å². The first kappa shape index (κ1) is 70.2. The van der Waals surface area contributed by atoms with Gasteiger partial charge in [0.15, 0.2) is 0 Å². The van der Waals surface area contributed by atoms with Gasteiger partial charge in [-0.2, -0.15) is 0 Å². The molecule has 3 N–H and O–H groups in total. The number of hydrogen-bond donors (Lipinski definition) is 3. The standard InChI is InChI=1S/4C8H18N2.C7H14N2O.C7H16N2.C5H8N2O2.C5H8N2/c2*1-4-10-6-5-9(3)8(2)7-10;1-4-10-6-5-9(3)7-8(10)2;1-3-10-6-4-5-9(2)7-8-10;1-2-9-5-3-7(10)8-4-6-9;1-2-9-6-3-4-8-5-7-9;1-2-7-3-4(8)6-5(7)9;1-2-7-4-3-6-5-7/h3*8H,4-7H2,1-3H3;3-8H2,1-2H3;2-6H2,1H3,(H,8,10);8H,2-7H2,1H3;2-3H2,1H3,(H,6,8,9);3-5H,2H2,1H3/t3*8-;;;;;/m100...../s1. The number of urea groups is 1. The number of hydrogen-bond acceptors (Lipinski definition) is 15. The number of rotatable bonds is 8. The zero-order valence-electron chi connectivity index (χ0n) is 51.1. The van der Waals surface area contributed by atoms with Crippen LogP contribution in [0.4, 0.5) is 4.79 Å². The Kier molecular flexibility index (Phi) is 40.3. The van der Waals surface area contributed by atoms with E-state index in [2.05, 4.69) is 167 Å². The highest BCUT2D eigenvalue weighted by Gasteiger charge is 2.25. The maximum absolute atomic E-state index is 10.8. The average Bonchev–Trinajstić information content (AvgIpc) is 3.78. The molecule has 4 amide bonds. The van der Waals surface area contributed by atoms with Gasteiger partial charge in [-0.05, 0) is 141 Å². The Hall–Kier alpha value is -2.82. The Labute approximate surface area is 460 Å². The van der Waals surface area contributed by atoms with E-state index in [1.54, 1.807) is 12.5 Å². The third-order valence-electron chi connectivity index (χ3n) is 15.5. The number of carbonyl (C=O) groups excluding carboxylic acids is 3. The van der Waals surface area contributed by atoms with E-state index < -0.39 is 0 Å². The Morgan fingerprint density at radius 3 is 1.51 bits per heavy atom. The first-order chi connectivity index (χ1) is 36.0. The Morgan fingerprint density at radius 2 is 1.04 bits per heavy atom. The molecule has 75 heavy (non-hydrogen) atoms. The number of nitrogens with one attached hydrogen (secondary N) is 3. The van der Waals surface area contributed by atoms with Crippen LogP contribution in [-0.2, 0) is 16.1 Å². The average molecular weight is 1060 g/mol. The largest absolute Gasteiger partial charge is 0.355 e. The molecule has 0 aromatic carbocycles. The van der Waals surface area contributed by atoms with E-state index in [-0.39, 0.29) is 24.4 Å². The molecule has 0 spiro atoms. The lowest BCUT2D eigenvalue weighted by molar-refractivity contribution is -0.120. The minimum atomic E-state index is -0.275. The molecule has 1 aromatic rings. The van der Waals surface area contributed by atoms with Crippen molar-refractivity contribution in [1.29, 1.82) is 0 Å².